The highest BCUT2D eigenvalue weighted by Crippen LogP contribution is 2.24. The summed E-state index contributed by atoms with van der Waals surface area (Å²) in [5.41, 5.74) is 6.76. The Balaban J connectivity index is 1.61. The van der Waals surface area contributed by atoms with Gasteiger partial charge in [-0.3, -0.25) is 9.80 Å². The molecule has 0 saturated carbocycles. The van der Waals surface area contributed by atoms with Crippen LogP contribution in [0.15, 0.2) is 12.5 Å². The van der Waals surface area contributed by atoms with Crippen LogP contribution in [0.3, 0.4) is 0 Å². The monoisotopic (exact) mass is 277 g/mol. The molecule has 5 heteroatoms. The highest BCUT2D eigenvalue weighted by atomic mass is 15.3. The van der Waals surface area contributed by atoms with Crippen molar-refractivity contribution in [3.63, 3.8) is 0 Å². The van der Waals surface area contributed by atoms with E-state index in [0.29, 0.717) is 12.6 Å². The summed E-state index contributed by atoms with van der Waals surface area (Å²) in [4.78, 5) is 9.81. The van der Waals surface area contributed by atoms with E-state index in [2.05, 4.69) is 32.5 Å². The van der Waals surface area contributed by atoms with Gasteiger partial charge in [-0.1, -0.05) is 6.42 Å². The van der Waals surface area contributed by atoms with Crippen LogP contribution in [0.5, 0.6) is 0 Å². The molecule has 0 radical (unpaired) electrons. The predicted molar refractivity (Wildman–Crippen MR) is 80.4 cm³/mol. The highest BCUT2D eigenvalue weighted by molar-refractivity contribution is 4.99. The van der Waals surface area contributed by atoms with Crippen LogP contribution in [0, 0.1) is 0 Å². The van der Waals surface area contributed by atoms with Gasteiger partial charge < -0.3 is 10.3 Å². The van der Waals surface area contributed by atoms with Crippen molar-refractivity contribution in [3.05, 3.63) is 18.2 Å². The Morgan fingerprint density at radius 3 is 3.10 bits per heavy atom. The summed E-state index contributed by atoms with van der Waals surface area (Å²) < 4.78 is 2.09. The Morgan fingerprint density at radius 1 is 1.35 bits per heavy atom. The van der Waals surface area contributed by atoms with Crippen molar-refractivity contribution in [2.24, 2.45) is 5.73 Å². The molecule has 2 saturated heterocycles. The average Bonchev–Trinajstić information content (AvgIpc) is 2.87. The quantitative estimate of drug-likeness (QED) is 0.888. The minimum absolute atomic E-state index is 0.629. The van der Waals surface area contributed by atoms with Crippen LogP contribution in [0.4, 0.5) is 0 Å². The van der Waals surface area contributed by atoms with Gasteiger partial charge in [0.05, 0.1) is 12.0 Å². The zero-order valence-electron chi connectivity index (χ0n) is 12.5. The third-order valence-corrected chi connectivity index (χ3v) is 4.76. The van der Waals surface area contributed by atoms with Crippen LogP contribution in [-0.4, -0.2) is 57.6 Å². The Kier molecular flexibility index (Phi) is 4.38. The van der Waals surface area contributed by atoms with Crippen LogP contribution in [0.1, 0.15) is 31.9 Å². The lowest BCUT2D eigenvalue weighted by molar-refractivity contribution is 0.0105. The van der Waals surface area contributed by atoms with E-state index in [0.717, 1.165) is 19.1 Å². The van der Waals surface area contributed by atoms with Crippen LogP contribution in [-0.2, 0) is 13.1 Å². The van der Waals surface area contributed by atoms with Crippen molar-refractivity contribution in [1.82, 2.24) is 19.4 Å². The second kappa shape index (κ2) is 6.24. The molecule has 5 nitrogen and oxygen atoms in total. The van der Waals surface area contributed by atoms with Gasteiger partial charge in [-0.15, -0.1) is 0 Å². The molecular formula is C15H27N5. The molecule has 2 aliphatic heterocycles. The van der Waals surface area contributed by atoms with Gasteiger partial charge in [0.15, 0.2) is 0 Å². The molecular weight excluding hydrogens is 250 g/mol. The number of hydrogen-bond acceptors (Lipinski definition) is 4. The smallest absolute Gasteiger partial charge is 0.0950 e. The van der Waals surface area contributed by atoms with E-state index < -0.39 is 0 Å². The maximum Gasteiger partial charge on any atom is 0.0950 e. The van der Waals surface area contributed by atoms with Crippen molar-refractivity contribution in [2.75, 3.05) is 26.2 Å². The normalized spacial score (nSPS) is 28.5. The molecule has 0 amide bonds. The molecule has 1 aromatic rings. The first kappa shape index (κ1) is 14.0. The fraction of sp³-hybridized carbons (Fsp3) is 0.800. The molecule has 0 aromatic carbocycles. The van der Waals surface area contributed by atoms with Crippen molar-refractivity contribution in [2.45, 2.75) is 51.4 Å². The lowest BCUT2D eigenvalue weighted by atomic mass is 9.97. The zero-order chi connectivity index (χ0) is 13.9. The van der Waals surface area contributed by atoms with Gasteiger partial charge in [0, 0.05) is 51.0 Å². The van der Waals surface area contributed by atoms with Crippen LogP contribution < -0.4 is 5.73 Å². The average molecular weight is 277 g/mol. The highest BCUT2D eigenvalue weighted by Gasteiger charge is 2.32. The number of piperidine rings is 1. The van der Waals surface area contributed by atoms with Crippen molar-refractivity contribution >= 4 is 0 Å². The molecule has 2 fully saturated rings. The van der Waals surface area contributed by atoms with E-state index in [1.54, 1.807) is 0 Å². The van der Waals surface area contributed by atoms with Crippen LogP contribution in [0.25, 0.3) is 0 Å². The number of hydrogen-bond donors (Lipinski definition) is 1. The van der Waals surface area contributed by atoms with Gasteiger partial charge in [0.25, 0.3) is 0 Å². The van der Waals surface area contributed by atoms with Crippen LogP contribution in [0.2, 0.25) is 0 Å². The Hall–Kier alpha value is -0.910. The van der Waals surface area contributed by atoms with Gasteiger partial charge in [0.2, 0.25) is 0 Å². The molecule has 0 aliphatic carbocycles. The van der Waals surface area contributed by atoms with Gasteiger partial charge in [-0.25, -0.2) is 4.98 Å². The van der Waals surface area contributed by atoms with Crippen molar-refractivity contribution in [1.29, 1.82) is 0 Å². The summed E-state index contributed by atoms with van der Waals surface area (Å²) in [6.07, 6.45) is 8.20. The molecule has 2 N–H and O–H groups in total. The first-order valence-electron chi connectivity index (χ1n) is 7.95. The molecule has 2 aliphatic rings. The molecule has 1 aromatic heterocycles. The maximum atomic E-state index is 5.58. The van der Waals surface area contributed by atoms with Crippen molar-refractivity contribution in [3.8, 4) is 0 Å². The number of nitrogens with two attached hydrogens (primary N) is 1. The Labute approximate surface area is 121 Å². The lowest BCUT2D eigenvalue weighted by Crippen LogP contribution is -2.58. The van der Waals surface area contributed by atoms with E-state index >= 15 is 0 Å². The summed E-state index contributed by atoms with van der Waals surface area (Å²) in [5.74, 6) is 0. The van der Waals surface area contributed by atoms with E-state index in [1.165, 1.54) is 44.6 Å². The molecule has 2 unspecified atom stereocenters. The second-order valence-electron chi connectivity index (χ2n) is 6.31. The number of nitrogens with zero attached hydrogens (tertiary/aromatic N) is 4. The van der Waals surface area contributed by atoms with Gasteiger partial charge >= 0.3 is 0 Å². The molecule has 3 heterocycles. The molecule has 0 bridgehead atoms. The Morgan fingerprint density at radius 2 is 2.25 bits per heavy atom. The first-order valence-corrected chi connectivity index (χ1v) is 7.95. The van der Waals surface area contributed by atoms with Crippen LogP contribution >= 0.6 is 0 Å². The third kappa shape index (κ3) is 3.05. The topological polar surface area (TPSA) is 50.3 Å². The van der Waals surface area contributed by atoms with E-state index in [9.17, 15) is 0 Å². The molecule has 112 valence electrons. The molecule has 3 rings (SSSR count). The standard InChI is InChI=1S/C15H27N5/c1-13-8-19-6-3-2-4-15(19)11-20(13)10-14-9-18(7-5-16)12-17-14/h9,12-13,15H,2-8,10-11,16H2,1H3. The summed E-state index contributed by atoms with van der Waals surface area (Å²) in [6, 6.07) is 1.40. The minimum atomic E-state index is 0.629. The van der Waals surface area contributed by atoms with E-state index in [-0.39, 0.29) is 0 Å². The summed E-state index contributed by atoms with van der Waals surface area (Å²) in [7, 11) is 0. The number of piperazine rings is 1. The predicted octanol–water partition coefficient (Wildman–Crippen LogP) is 0.900. The second-order valence-corrected chi connectivity index (χ2v) is 6.31. The summed E-state index contributed by atoms with van der Waals surface area (Å²) in [6.45, 7) is 8.57. The fourth-order valence-corrected chi connectivity index (χ4v) is 3.60. The summed E-state index contributed by atoms with van der Waals surface area (Å²) in [5, 5.41) is 0. The number of aromatic nitrogens is 2. The van der Waals surface area contributed by atoms with Gasteiger partial charge in [-0.2, -0.15) is 0 Å². The first-order chi connectivity index (χ1) is 9.76. The van der Waals surface area contributed by atoms with E-state index in [4.69, 9.17) is 5.73 Å². The number of imidazole rings is 1. The third-order valence-electron chi connectivity index (χ3n) is 4.76. The summed E-state index contributed by atoms with van der Waals surface area (Å²) >= 11 is 0. The SMILES string of the molecule is CC1CN2CCCCC2CN1Cc1cn(CCN)cn1. The Bertz CT molecular complexity index is 430. The van der Waals surface area contributed by atoms with Crippen molar-refractivity contribution < 1.29 is 0 Å². The fourth-order valence-electron chi connectivity index (χ4n) is 3.60. The minimum Gasteiger partial charge on any atom is -0.336 e. The molecule has 2 atom stereocenters. The molecule has 20 heavy (non-hydrogen) atoms. The maximum absolute atomic E-state index is 5.58. The van der Waals surface area contributed by atoms with Gasteiger partial charge in [-0.05, 0) is 26.3 Å². The number of fused-ring (bicyclic) bond motifs is 1. The lowest BCUT2D eigenvalue weighted by Gasteiger charge is -2.47. The molecule has 0 spiro atoms. The van der Waals surface area contributed by atoms with E-state index in [1.807, 2.05) is 6.33 Å². The largest absolute Gasteiger partial charge is 0.336 e. The number of rotatable bonds is 4. The van der Waals surface area contributed by atoms with Gasteiger partial charge in [0.1, 0.15) is 0 Å². The zero-order valence-corrected chi connectivity index (χ0v) is 12.5.